The third-order valence-corrected chi connectivity index (χ3v) is 5.24. The molecule has 19 heavy (non-hydrogen) atoms. The lowest BCUT2D eigenvalue weighted by Crippen LogP contribution is -2.45. The summed E-state index contributed by atoms with van der Waals surface area (Å²) in [6, 6.07) is 10.1. The summed E-state index contributed by atoms with van der Waals surface area (Å²) in [5, 5.41) is 0.373. The molecule has 1 saturated heterocycles. The lowest BCUT2D eigenvalue weighted by molar-refractivity contribution is -0.130. The molecule has 1 aromatic carbocycles. The molecule has 2 rings (SSSR count). The molecule has 0 aromatic heterocycles. The Labute approximate surface area is 125 Å². The van der Waals surface area contributed by atoms with Crippen LogP contribution >= 0.6 is 24.4 Å². The fourth-order valence-corrected chi connectivity index (χ4v) is 3.86. The summed E-state index contributed by atoms with van der Waals surface area (Å²) < 4.78 is 0. The molecule has 1 fully saturated rings. The van der Waals surface area contributed by atoms with Gasteiger partial charge in [-0.2, -0.15) is 24.4 Å². The van der Waals surface area contributed by atoms with Gasteiger partial charge in [-0.1, -0.05) is 37.3 Å². The maximum atomic E-state index is 12.4. The molecule has 4 heteroatoms. The Balaban J connectivity index is 1.91. The van der Waals surface area contributed by atoms with E-state index < -0.39 is 0 Å². The molecule has 1 aliphatic rings. The fourth-order valence-electron chi connectivity index (χ4n) is 2.30. The third-order valence-electron chi connectivity index (χ3n) is 3.46. The number of nitrogens with zero attached hydrogens (tertiary/aromatic N) is 1. The Morgan fingerprint density at radius 2 is 2.21 bits per heavy atom. The number of benzene rings is 1. The van der Waals surface area contributed by atoms with Gasteiger partial charge in [0.05, 0.1) is 5.25 Å². The molecular formula is C15H21NOS2. The standard InChI is InChI=1S/C15H21NOS2/c1-2-13-11-16(8-9-19-13)15(17)14(18)10-12-6-4-3-5-7-12/h3-7,13-14,18H,2,8-11H2,1H3. The van der Waals surface area contributed by atoms with Gasteiger partial charge in [-0.3, -0.25) is 4.79 Å². The maximum absolute atomic E-state index is 12.4. The van der Waals surface area contributed by atoms with E-state index in [4.69, 9.17) is 0 Å². The fraction of sp³-hybridized carbons (Fsp3) is 0.533. The summed E-state index contributed by atoms with van der Waals surface area (Å²) in [6.45, 7) is 3.94. The van der Waals surface area contributed by atoms with Crippen molar-refractivity contribution < 1.29 is 4.79 Å². The smallest absolute Gasteiger partial charge is 0.235 e. The molecule has 0 spiro atoms. The monoisotopic (exact) mass is 295 g/mol. The molecule has 1 aliphatic heterocycles. The Morgan fingerprint density at radius 3 is 2.89 bits per heavy atom. The van der Waals surface area contributed by atoms with Gasteiger partial charge in [-0.05, 0) is 18.4 Å². The van der Waals surface area contributed by atoms with E-state index in [1.165, 1.54) is 5.56 Å². The molecular weight excluding hydrogens is 274 g/mol. The van der Waals surface area contributed by atoms with Crippen LogP contribution in [0.5, 0.6) is 0 Å². The van der Waals surface area contributed by atoms with Crippen molar-refractivity contribution in [3.63, 3.8) is 0 Å². The Kier molecular flexibility index (Phi) is 5.64. The van der Waals surface area contributed by atoms with Gasteiger partial charge in [0, 0.05) is 24.1 Å². The summed E-state index contributed by atoms with van der Waals surface area (Å²) in [4.78, 5) is 14.4. The van der Waals surface area contributed by atoms with Crippen LogP contribution in [0.25, 0.3) is 0 Å². The van der Waals surface area contributed by atoms with Crippen molar-refractivity contribution in [2.24, 2.45) is 0 Å². The van der Waals surface area contributed by atoms with Gasteiger partial charge < -0.3 is 4.90 Å². The molecule has 104 valence electrons. The van der Waals surface area contributed by atoms with Crippen molar-refractivity contribution in [1.82, 2.24) is 4.90 Å². The van der Waals surface area contributed by atoms with Crippen LogP contribution in [-0.4, -0.2) is 40.1 Å². The van der Waals surface area contributed by atoms with Crippen LogP contribution in [0.15, 0.2) is 30.3 Å². The number of hydrogen-bond donors (Lipinski definition) is 1. The van der Waals surface area contributed by atoms with Crippen molar-refractivity contribution >= 4 is 30.3 Å². The van der Waals surface area contributed by atoms with E-state index in [9.17, 15) is 4.79 Å². The second kappa shape index (κ2) is 7.25. The zero-order chi connectivity index (χ0) is 13.7. The highest BCUT2D eigenvalue weighted by atomic mass is 32.2. The number of thioether (sulfide) groups is 1. The third kappa shape index (κ3) is 4.18. The lowest BCUT2D eigenvalue weighted by Gasteiger charge is -2.33. The first-order valence-corrected chi connectivity index (χ1v) is 8.39. The quantitative estimate of drug-likeness (QED) is 0.862. The lowest BCUT2D eigenvalue weighted by atomic mass is 10.1. The normalized spacial score (nSPS) is 21.2. The molecule has 2 nitrogen and oxygen atoms in total. The summed E-state index contributed by atoms with van der Waals surface area (Å²) >= 11 is 6.49. The molecule has 0 N–H and O–H groups in total. The van der Waals surface area contributed by atoms with Gasteiger partial charge in [0.25, 0.3) is 0 Å². The molecule has 0 saturated carbocycles. The van der Waals surface area contributed by atoms with E-state index in [1.807, 2.05) is 34.9 Å². The molecule has 0 bridgehead atoms. The van der Waals surface area contributed by atoms with Crippen LogP contribution in [0.4, 0.5) is 0 Å². The van der Waals surface area contributed by atoms with Gasteiger partial charge >= 0.3 is 0 Å². The number of carbonyl (C=O) groups is 1. The first kappa shape index (κ1) is 14.8. The zero-order valence-corrected chi connectivity index (χ0v) is 13.0. The molecule has 0 radical (unpaired) electrons. The summed E-state index contributed by atoms with van der Waals surface area (Å²) in [5.41, 5.74) is 1.18. The van der Waals surface area contributed by atoms with E-state index in [0.717, 1.165) is 25.3 Å². The van der Waals surface area contributed by atoms with E-state index in [2.05, 4.69) is 31.7 Å². The Hall–Kier alpha value is -0.610. The average molecular weight is 295 g/mol. The van der Waals surface area contributed by atoms with Gasteiger partial charge in [0.1, 0.15) is 0 Å². The van der Waals surface area contributed by atoms with Crippen LogP contribution < -0.4 is 0 Å². The Bertz CT molecular complexity index is 410. The van der Waals surface area contributed by atoms with Crippen molar-refractivity contribution in [3.8, 4) is 0 Å². The predicted molar refractivity (Wildman–Crippen MR) is 86.0 cm³/mol. The average Bonchev–Trinajstić information content (AvgIpc) is 2.47. The summed E-state index contributed by atoms with van der Waals surface area (Å²) in [6.07, 6.45) is 1.84. The van der Waals surface area contributed by atoms with E-state index in [1.54, 1.807) is 0 Å². The highest BCUT2D eigenvalue weighted by molar-refractivity contribution is 8.00. The predicted octanol–water partition coefficient (Wildman–Crippen LogP) is 2.88. The number of rotatable bonds is 4. The van der Waals surface area contributed by atoms with Crippen molar-refractivity contribution in [1.29, 1.82) is 0 Å². The maximum Gasteiger partial charge on any atom is 0.235 e. The number of carbonyl (C=O) groups excluding carboxylic acids is 1. The molecule has 0 aliphatic carbocycles. The minimum atomic E-state index is -0.219. The Morgan fingerprint density at radius 1 is 1.47 bits per heavy atom. The molecule has 1 amide bonds. The van der Waals surface area contributed by atoms with Gasteiger partial charge in [0.15, 0.2) is 0 Å². The highest BCUT2D eigenvalue weighted by Crippen LogP contribution is 2.22. The van der Waals surface area contributed by atoms with Crippen LogP contribution in [0.1, 0.15) is 18.9 Å². The van der Waals surface area contributed by atoms with Gasteiger partial charge in [0.2, 0.25) is 5.91 Å². The van der Waals surface area contributed by atoms with Gasteiger partial charge in [-0.15, -0.1) is 0 Å². The minimum absolute atomic E-state index is 0.186. The van der Waals surface area contributed by atoms with Crippen LogP contribution in [0, 0.1) is 0 Å². The van der Waals surface area contributed by atoms with E-state index >= 15 is 0 Å². The molecule has 2 atom stereocenters. The second-order valence-electron chi connectivity index (χ2n) is 4.89. The van der Waals surface area contributed by atoms with Crippen molar-refractivity contribution in [2.45, 2.75) is 30.3 Å². The van der Waals surface area contributed by atoms with E-state index in [0.29, 0.717) is 11.7 Å². The first-order valence-electron chi connectivity index (χ1n) is 6.83. The van der Waals surface area contributed by atoms with Gasteiger partial charge in [-0.25, -0.2) is 0 Å². The summed E-state index contributed by atoms with van der Waals surface area (Å²) in [5.74, 6) is 1.24. The number of hydrogen-bond acceptors (Lipinski definition) is 3. The molecule has 1 aromatic rings. The second-order valence-corrected chi connectivity index (χ2v) is 6.92. The van der Waals surface area contributed by atoms with Crippen LogP contribution in [0.2, 0.25) is 0 Å². The highest BCUT2D eigenvalue weighted by Gasteiger charge is 2.26. The first-order chi connectivity index (χ1) is 9.20. The topological polar surface area (TPSA) is 20.3 Å². The zero-order valence-electron chi connectivity index (χ0n) is 11.3. The summed E-state index contributed by atoms with van der Waals surface area (Å²) in [7, 11) is 0. The molecule has 1 heterocycles. The number of thiol groups is 1. The largest absolute Gasteiger partial charge is 0.340 e. The van der Waals surface area contributed by atoms with Crippen LogP contribution in [-0.2, 0) is 11.2 Å². The number of amides is 1. The van der Waals surface area contributed by atoms with Crippen molar-refractivity contribution in [3.05, 3.63) is 35.9 Å². The van der Waals surface area contributed by atoms with E-state index in [-0.39, 0.29) is 11.2 Å². The SMILES string of the molecule is CCC1CN(C(=O)C(S)Cc2ccccc2)CCS1. The molecule has 2 unspecified atom stereocenters. The van der Waals surface area contributed by atoms with Crippen molar-refractivity contribution in [2.75, 3.05) is 18.8 Å². The van der Waals surface area contributed by atoms with Crippen LogP contribution in [0.3, 0.4) is 0 Å². The minimum Gasteiger partial charge on any atom is -0.340 e.